The predicted octanol–water partition coefficient (Wildman–Crippen LogP) is 3.08. The van der Waals surface area contributed by atoms with Crippen LogP contribution in [0.15, 0.2) is 18.2 Å². The van der Waals surface area contributed by atoms with E-state index in [2.05, 4.69) is 15.2 Å². The zero-order valence-corrected chi connectivity index (χ0v) is 13.6. The molecule has 1 N–H and O–H groups in total. The van der Waals surface area contributed by atoms with Crippen molar-refractivity contribution < 1.29 is 18.3 Å². The van der Waals surface area contributed by atoms with Crippen LogP contribution in [0.1, 0.15) is 32.5 Å². The fraction of sp³-hybridized carbons (Fsp3) is 0.438. The lowest BCUT2D eigenvalue weighted by Gasteiger charge is -2.38. The number of hydrogen-bond acceptors (Lipinski definition) is 4. The normalized spacial score (nSPS) is 15.3. The summed E-state index contributed by atoms with van der Waals surface area (Å²) >= 11 is 0. The number of aromatic nitrogens is 3. The molecule has 2 heterocycles. The zero-order chi connectivity index (χ0) is 17.5. The number of carbonyl (C=O) groups excluding carboxylic acids is 1. The summed E-state index contributed by atoms with van der Waals surface area (Å²) in [6.45, 7) is 6.33. The van der Waals surface area contributed by atoms with Crippen molar-refractivity contribution in [3.63, 3.8) is 0 Å². The Morgan fingerprint density at radius 2 is 2.04 bits per heavy atom. The Labute approximate surface area is 137 Å². The van der Waals surface area contributed by atoms with Crippen LogP contribution in [0.5, 0.6) is 0 Å². The number of rotatable bonds is 2. The number of aromatic amines is 1. The van der Waals surface area contributed by atoms with E-state index in [0.717, 1.165) is 12.1 Å². The van der Waals surface area contributed by atoms with E-state index in [-0.39, 0.29) is 23.4 Å². The van der Waals surface area contributed by atoms with E-state index in [9.17, 15) is 13.6 Å². The molecule has 0 unspecified atom stereocenters. The van der Waals surface area contributed by atoms with Crippen LogP contribution in [0, 0.1) is 11.6 Å². The molecule has 0 aliphatic carbocycles. The Morgan fingerprint density at radius 1 is 1.33 bits per heavy atom. The molecule has 8 heteroatoms. The lowest BCUT2D eigenvalue weighted by atomic mass is 10.0. The lowest BCUT2D eigenvalue weighted by molar-refractivity contribution is 0.00755. The van der Waals surface area contributed by atoms with Gasteiger partial charge in [-0.1, -0.05) is 0 Å². The van der Waals surface area contributed by atoms with Gasteiger partial charge in [-0.25, -0.2) is 18.6 Å². The van der Waals surface area contributed by atoms with E-state index < -0.39 is 17.2 Å². The van der Waals surface area contributed by atoms with Crippen molar-refractivity contribution in [3.05, 3.63) is 35.7 Å². The Morgan fingerprint density at radius 3 is 2.67 bits per heavy atom. The number of ether oxygens (including phenoxy) is 1. The number of halogens is 2. The molecule has 0 radical (unpaired) electrons. The van der Waals surface area contributed by atoms with Crippen LogP contribution in [0.25, 0.3) is 11.4 Å². The maximum absolute atomic E-state index is 13.8. The first-order chi connectivity index (χ1) is 11.2. The van der Waals surface area contributed by atoms with Crippen LogP contribution >= 0.6 is 0 Å². The molecule has 24 heavy (non-hydrogen) atoms. The lowest BCUT2D eigenvalue weighted by Crippen LogP contribution is -2.50. The highest BCUT2D eigenvalue weighted by molar-refractivity contribution is 5.69. The molecular formula is C16H18F2N4O2. The fourth-order valence-corrected chi connectivity index (χ4v) is 2.38. The van der Waals surface area contributed by atoms with E-state index in [1.54, 1.807) is 4.90 Å². The third kappa shape index (κ3) is 3.37. The van der Waals surface area contributed by atoms with Crippen molar-refractivity contribution in [1.82, 2.24) is 20.1 Å². The summed E-state index contributed by atoms with van der Waals surface area (Å²) in [6.07, 6.45) is -0.372. The third-order valence-electron chi connectivity index (χ3n) is 3.59. The van der Waals surface area contributed by atoms with E-state index in [0.29, 0.717) is 18.9 Å². The molecule has 0 saturated carbocycles. The smallest absolute Gasteiger partial charge is 0.410 e. The number of nitrogens with one attached hydrogen (secondary N) is 1. The molecule has 1 amide bonds. The predicted molar refractivity (Wildman–Crippen MR) is 82.3 cm³/mol. The number of benzene rings is 1. The van der Waals surface area contributed by atoms with Crippen molar-refractivity contribution in [3.8, 4) is 11.4 Å². The second-order valence-electron chi connectivity index (χ2n) is 6.75. The highest BCUT2D eigenvalue weighted by Gasteiger charge is 2.36. The van der Waals surface area contributed by atoms with Gasteiger partial charge in [0, 0.05) is 19.2 Å². The van der Waals surface area contributed by atoms with Crippen molar-refractivity contribution in [1.29, 1.82) is 0 Å². The molecule has 1 aromatic carbocycles. The minimum Gasteiger partial charge on any atom is -0.444 e. The van der Waals surface area contributed by atoms with Crippen molar-refractivity contribution in [2.24, 2.45) is 0 Å². The van der Waals surface area contributed by atoms with Gasteiger partial charge in [-0.3, -0.25) is 5.10 Å². The molecule has 1 aromatic heterocycles. The molecule has 3 rings (SSSR count). The number of hydrogen-bond donors (Lipinski definition) is 1. The molecular weight excluding hydrogens is 318 g/mol. The maximum atomic E-state index is 13.8. The topological polar surface area (TPSA) is 71.1 Å². The number of amides is 1. The van der Waals surface area contributed by atoms with Crippen LogP contribution < -0.4 is 0 Å². The van der Waals surface area contributed by atoms with Gasteiger partial charge in [-0.05, 0) is 32.9 Å². The maximum Gasteiger partial charge on any atom is 0.410 e. The largest absolute Gasteiger partial charge is 0.444 e. The third-order valence-corrected chi connectivity index (χ3v) is 3.59. The molecule has 0 atom stereocenters. The second-order valence-corrected chi connectivity index (χ2v) is 6.75. The fourth-order valence-electron chi connectivity index (χ4n) is 2.38. The van der Waals surface area contributed by atoms with E-state index in [1.807, 2.05) is 20.8 Å². The number of H-pyrrole nitrogens is 1. The van der Waals surface area contributed by atoms with Crippen molar-refractivity contribution >= 4 is 6.09 Å². The SMILES string of the molecule is CC(C)(C)OC(=O)N1CC(c2nc(-c3ccc(F)cc3F)n[nH]2)C1. The molecule has 1 aliphatic rings. The molecule has 1 saturated heterocycles. The van der Waals surface area contributed by atoms with E-state index >= 15 is 0 Å². The first-order valence-electron chi connectivity index (χ1n) is 7.58. The van der Waals surface area contributed by atoms with Gasteiger partial charge in [-0.15, -0.1) is 0 Å². The molecule has 1 aliphatic heterocycles. The summed E-state index contributed by atoms with van der Waals surface area (Å²) in [5, 5.41) is 6.73. The molecule has 2 aromatic rings. The average molecular weight is 336 g/mol. The van der Waals surface area contributed by atoms with Crippen LogP contribution in [-0.4, -0.2) is 44.9 Å². The van der Waals surface area contributed by atoms with Crippen LogP contribution in [-0.2, 0) is 4.74 Å². The summed E-state index contributed by atoms with van der Waals surface area (Å²) < 4.78 is 32.0. The van der Waals surface area contributed by atoms with Crippen LogP contribution in [0.3, 0.4) is 0 Å². The standard InChI is InChI=1S/C16H18F2N4O2/c1-16(2,3)24-15(23)22-7-9(8-22)13-19-14(21-20-13)11-5-4-10(17)6-12(11)18/h4-6,9H,7-8H2,1-3H3,(H,19,20,21). The first kappa shape index (κ1) is 16.4. The minimum absolute atomic E-state index is 0.0118. The molecule has 1 fully saturated rings. The second kappa shape index (κ2) is 5.85. The Balaban J connectivity index is 1.65. The molecule has 0 spiro atoms. The summed E-state index contributed by atoms with van der Waals surface area (Å²) in [4.78, 5) is 17.7. The summed E-state index contributed by atoms with van der Waals surface area (Å²) in [6, 6.07) is 3.24. The molecule has 0 bridgehead atoms. The quantitative estimate of drug-likeness (QED) is 0.915. The number of likely N-dealkylation sites (tertiary alicyclic amines) is 1. The monoisotopic (exact) mass is 336 g/mol. The van der Waals surface area contributed by atoms with Crippen LogP contribution in [0.2, 0.25) is 0 Å². The van der Waals surface area contributed by atoms with E-state index in [4.69, 9.17) is 4.74 Å². The average Bonchev–Trinajstić information content (AvgIpc) is 2.83. The van der Waals surface area contributed by atoms with Crippen molar-refractivity contribution in [2.75, 3.05) is 13.1 Å². The Bertz CT molecular complexity index is 764. The van der Waals surface area contributed by atoms with E-state index in [1.165, 1.54) is 6.07 Å². The summed E-state index contributed by atoms with van der Waals surface area (Å²) in [7, 11) is 0. The minimum atomic E-state index is -0.718. The van der Waals surface area contributed by atoms with Gasteiger partial charge in [0.25, 0.3) is 0 Å². The Hall–Kier alpha value is -2.51. The van der Waals surface area contributed by atoms with Gasteiger partial charge in [-0.2, -0.15) is 5.10 Å². The van der Waals surface area contributed by atoms with Gasteiger partial charge in [0.05, 0.1) is 11.5 Å². The molecule has 128 valence electrons. The summed E-state index contributed by atoms with van der Waals surface area (Å²) in [5.41, 5.74) is -0.413. The van der Waals surface area contributed by atoms with Gasteiger partial charge in [0.1, 0.15) is 23.1 Å². The zero-order valence-electron chi connectivity index (χ0n) is 13.6. The van der Waals surface area contributed by atoms with Gasteiger partial charge in [0.2, 0.25) is 0 Å². The number of nitrogens with zero attached hydrogens (tertiary/aromatic N) is 3. The summed E-state index contributed by atoms with van der Waals surface area (Å²) in [5.74, 6) is -0.655. The van der Waals surface area contributed by atoms with Crippen LogP contribution in [0.4, 0.5) is 13.6 Å². The molecule has 6 nitrogen and oxygen atoms in total. The first-order valence-corrected chi connectivity index (χ1v) is 7.58. The number of carbonyl (C=O) groups is 1. The van der Waals surface area contributed by atoms with Gasteiger partial charge < -0.3 is 9.64 Å². The highest BCUT2D eigenvalue weighted by atomic mass is 19.1. The highest BCUT2D eigenvalue weighted by Crippen LogP contribution is 2.28. The van der Waals surface area contributed by atoms with Gasteiger partial charge in [0.15, 0.2) is 5.82 Å². The van der Waals surface area contributed by atoms with Gasteiger partial charge >= 0.3 is 6.09 Å². The van der Waals surface area contributed by atoms with Crippen molar-refractivity contribution in [2.45, 2.75) is 32.3 Å². The Kier molecular flexibility index (Phi) is 3.98.